The van der Waals surface area contributed by atoms with Gasteiger partial charge in [-0.3, -0.25) is 4.79 Å². The molecule has 2 rings (SSSR count). The van der Waals surface area contributed by atoms with Crippen molar-refractivity contribution in [2.75, 3.05) is 6.61 Å². The van der Waals surface area contributed by atoms with Crippen LogP contribution in [0, 0.1) is 0 Å². The zero-order valence-corrected chi connectivity index (χ0v) is 11.6. The average Bonchev–Trinajstić information content (AvgIpc) is 2.38. The highest BCUT2D eigenvalue weighted by molar-refractivity contribution is 6.30. The van der Waals surface area contributed by atoms with E-state index in [2.05, 4.69) is 9.97 Å². The lowest BCUT2D eigenvalue weighted by Gasteiger charge is -2.07. The van der Waals surface area contributed by atoms with Crippen LogP contribution in [0.5, 0.6) is 6.01 Å². The largest absolute Gasteiger partial charge is 0.481 e. The molecule has 1 N–H and O–H groups in total. The van der Waals surface area contributed by atoms with Gasteiger partial charge in [-0.25, -0.2) is 0 Å². The molecule has 0 aliphatic rings. The second-order valence-electron chi connectivity index (χ2n) is 4.04. The number of ether oxygens (including phenoxy) is 1. The second-order valence-corrected chi connectivity index (χ2v) is 4.47. The summed E-state index contributed by atoms with van der Waals surface area (Å²) < 4.78 is 5.27. The van der Waals surface area contributed by atoms with Gasteiger partial charge in [0.25, 0.3) is 0 Å². The molecule has 0 bridgehead atoms. The highest BCUT2D eigenvalue weighted by Crippen LogP contribution is 2.22. The summed E-state index contributed by atoms with van der Waals surface area (Å²) in [4.78, 5) is 19.1. The van der Waals surface area contributed by atoms with Gasteiger partial charge in [-0.2, -0.15) is 9.97 Å². The Morgan fingerprint density at radius 2 is 2.00 bits per heavy atom. The zero-order valence-electron chi connectivity index (χ0n) is 10.8. The number of rotatable bonds is 5. The number of hydrogen-bond donors (Lipinski definition) is 1. The molecule has 0 amide bonds. The number of hydrogen-bond acceptors (Lipinski definition) is 4. The van der Waals surface area contributed by atoms with Crippen LogP contribution in [0.25, 0.3) is 11.3 Å². The van der Waals surface area contributed by atoms with Crippen molar-refractivity contribution in [1.82, 2.24) is 9.97 Å². The molecule has 0 spiro atoms. The van der Waals surface area contributed by atoms with E-state index in [-0.39, 0.29) is 12.4 Å². The van der Waals surface area contributed by atoms with Crippen molar-refractivity contribution in [3.05, 3.63) is 41.0 Å². The molecule has 1 heterocycles. The van der Waals surface area contributed by atoms with Crippen LogP contribution in [-0.4, -0.2) is 27.7 Å². The molecule has 104 valence electrons. The van der Waals surface area contributed by atoms with Gasteiger partial charge in [0.05, 0.1) is 24.4 Å². The molecular formula is C14H13ClN2O3. The van der Waals surface area contributed by atoms with Crippen molar-refractivity contribution in [1.29, 1.82) is 0 Å². The Kier molecular flexibility index (Phi) is 4.53. The molecule has 20 heavy (non-hydrogen) atoms. The third kappa shape index (κ3) is 3.68. The van der Waals surface area contributed by atoms with Gasteiger partial charge < -0.3 is 9.84 Å². The Hall–Kier alpha value is -2.14. The Balaban J connectivity index is 2.42. The summed E-state index contributed by atoms with van der Waals surface area (Å²) in [5, 5.41) is 9.49. The summed E-state index contributed by atoms with van der Waals surface area (Å²) in [6, 6.07) is 8.93. The first-order chi connectivity index (χ1) is 9.58. The first-order valence-electron chi connectivity index (χ1n) is 6.07. The van der Waals surface area contributed by atoms with Gasteiger partial charge in [0.2, 0.25) is 0 Å². The summed E-state index contributed by atoms with van der Waals surface area (Å²) >= 11 is 5.85. The van der Waals surface area contributed by atoms with Gasteiger partial charge in [0.1, 0.15) is 0 Å². The fourth-order valence-electron chi connectivity index (χ4n) is 1.68. The van der Waals surface area contributed by atoms with Crippen molar-refractivity contribution in [2.45, 2.75) is 13.3 Å². The Morgan fingerprint density at radius 3 is 2.60 bits per heavy atom. The first-order valence-corrected chi connectivity index (χ1v) is 6.44. The van der Waals surface area contributed by atoms with Crippen LogP contribution >= 0.6 is 11.6 Å². The summed E-state index contributed by atoms with van der Waals surface area (Å²) in [5.74, 6) is -0.951. The van der Waals surface area contributed by atoms with Gasteiger partial charge in [0.15, 0.2) is 0 Å². The molecule has 0 saturated heterocycles. The Labute approximate surface area is 121 Å². The van der Waals surface area contributed by atoms with E-state index < -0.39 is 5.97 Å². The predicted molar refractivity (Wildman–Crippen MR) is 75.0 cm³/mol. The quantitative estimate of drug-likeness (QED) is 0.917. The molecule has 0 unspecified atom stereocenters. The average molecular weight is 293 g/mol. The van der Waals surface area contributed by atoms with Gasteiger partial charge in [-0.05, 0) is 25.1 Å². The van der Waals surface area contributed by atoms with E-state index in [1.165, 1.54) is 0 Å². The third-order valence-corrected chi connectivity index (χ3v) is 2.76. The van der Waals surface area contributed by atoms with Crippen LogP contribution in [-0.2, 0) is 11.2 Å². The zero-order chi connectivity index (χ0) is 14.5. The predicted octanol–water partition coefficient (Wildman–Crippen LogP) is 2.82. The number of benzene rings is 1. The summed E-state index contributed by atoms with van der Waals surface area (Å²) in [6.45, 7) is 2.23. The van der Waals surface area contributed by atoms with Gasteiger partial charge in [0, 0.05) is 10.6 Å². The molecular weight excluding hydrogens is 280 g/mol. The van der Waals surface area contributed by atoms with E-state index in [9.17, 15) is 4.79 Å². The first kappa shape index (κ1) is 14.3. The highest BCUT2D eigenvalue weighted by atomic mass is 35.5. The van der Waals surface area contributed by atoms with Crippen molar-refractivity contribution in [3.8, 4) is 17.3 Å². The van der Waals surface area contributed by atoms with Crippen LogP contribution in [0.4, 0.5) is 0 Å². The molecule has 6 heteroatoms. The van der Waals surface area contributed by atoms with Crippen LogP contribution in [0.2, 0.25) is 5.02 Å². The third-order valence-electron chi connectivity index (χ3n) is 2.50. The number of nitrogens with zero attached hydrogens (tertiary/aromatic N) is 2. The van der Waals surface area contributed by atoms with E-state index in [1.807, 2.05) is 19.1 Å². The molecule has 5 nitrogen and oxygen atoms in total. The molecule has 0 radical (unpaired) electrons. The lowest BCUT2D eigenvalue weighted by molar-refractivity contribution is -0.136. The van der Waals surface area contributed by atoms with Crippen molar-refractivity contribution < 1.29 is 14.6 Å². The molecule has 0 saturated carbocycles. The van der Waals surface area contributed by atoms with Crippen molar-refractivity contribution in [2.24, 2.45) is 0 Å². The summed E-state index contributed by atoms with van der Waals surface area (Å²) in [6.07, 6.45) is -0.177. The second kappa shape index (κ2) is 6.34. The number of aliphatic carboxylic acids is 1. The van der Waals surface area contributed by atoms with E-state index in [0.29, 0.717) is 23.0 Å². The summed E-state index contributed by atoms with van der Waals surface area (Å²) in [5.41, 5.74) is 1.83. The number of aromatic nitrogens is 2. The van der Waals surface area contributed by atoms with Gasteiger partial charge >= 0.3 is 12.0 Å². The molecule has 0 aliphatic heterocycles. The van der Waals surface area contributed by atoms with E-state index in [0.717, 1.165) is 5.56 Å². The maximum absolute atomic E-state index is 10.8. The van der Waals surface area contributed by atoms with E-state index >= 15 is 0 Å². The number of halogens is 1. The highest BCUT2D eigenvalue weighted by Gasteiger charge is 2.10. The maximum Gasteiger partial charge on any atom is 0.317 e. The standard InChI is InChI=1S/C14H13ClN2O3/c1-2-20-14-16-11(8-13(18)19)7-12(17-14)9-3-5-10(15)6-4-9/h3-7H,2,8H2,1H3,(H,18,19). The molecule has 1 aromatic carbocycles. The lowest BCUT2D eigenvalue weighted by Crippen LogP contribution is -2.06. The van der Waals surface area contributed by atoms with Crippen LogP contribution in [0.1, 0.15) is 12.6 Å². The molecule has 0 fully saturated rings. The van der Waals surface area contributed by atoms with Crippen LogP contribution in [0.15, 0.2) is 30.3 Å². The lowest BCUT2D eigenvalue weighted by atomic mass is 10.1. The molecule has 0 aliphatic carbocycles. The summed E-state index contributed by atoms with van der Waals surface area (Å²) in [7, 11) is 0. The van der Waals surface area contributed by atoms with Gasteiger partial charge in [-0.1, -0.05) is 23.7 Å². The number of carboxylic acid groups (broad SMARTS) is 1. The minimum atomic E-state index is -0.951. The minimum absolute atomic E-state index is 0.177. The monoisotopic (exact) mass is 292 g/mol. The topological polar surface area (TPSA) is 72.3 Å². The SMILES string of the molecule is CCOc1nc(CC(=O)O)cc(-c2ccc(Cl)cc2)n1. The molecule has 2 aromatic rings. The van der Waals surface area contributed by atoms with Crippen LogP contribution < -0.4 is 4.74 Å². The fourth-order valence-corrected chi connectivity index (χ4v) is 1.81. The molecule has 1 aromatic heterocycles. The van der Waals surface area contributed by atoms with E-state index in [4.69, 9.17) is 21.4 Å². The van der Waals surface area contributed by atoms with Gasteiger partial charge in [-0.15, -0.1) is 0 Å². The van der Waals surface area contributed by atoms with Crippen molar-refractivity contribution in [3.63, 3.8) is 0 Å². The van der Waals surface area contributed by atoms with E-state index in [1.54, 1.807) is 18.2 Å². The smallest absolute Gasteiger partial charge is 0.317 e. The molecule has 0 atom stereocenters. The maximum atomic E-state index is 10.8. The number of carboxylic acids is 1. The minimum Gasteiger partial charge on any atom is -0.481 e. The number of carbonyl (C=O) groups is 1. The Bertz CT molecular complexity index is 614. The normalized spacial score (nSPS) is 10.3. The Morgan fingerprint density at radius 1 is 1.30 bits per heavy atom. The van der Waals surface area contributed by atoms with Crippen LogP contribution in [0.3, 0.4) is 0 Å². The van der Waals surface area contributed by atoms with Crippen molar-refractivity contribution >= 4 is 17.6 Å². The fraction of sp³-hybridized carbons (Fsp3) is 0.214.